The van der Waals surface area contributed by atoms with Crippen molar-refractivity contribution in [2.45, 2.75) is 0 Å². The van der Waals surface area contributed by atoms with Gasteiger partial charge < -0.3 is 6.15 Å². The molecule has 146 valence electrons. The maximum atomic E-state index is 5.93. The molecule has 28 heavy (non-hydrogen) atoms. The Morgan fingerprint density at radius 3 is 1.79 bits per heavy atom. The molecule has 4 aromatic rings. The van der Waals surface area contributed by atoms with E-state index in [-0.39, 0.29) is 35.6 Å². The van der Waals surface area contributed by atoms with Gasteiger partial charge in [-0.3, -0.25) is 4.98 Å². The maximum absolute atomic E-state index is 5.93. The van der Waals surface area contributed by atoms with Crippen LogP contribution in [-0.2, 0) is 17.1 Å². The number of fused-ring (bicyclic) bond motifs is 3. The molecule has 0 fully saturated rings. The first-order valence-corrected chi connectivity index (χ1v) is 8.42. The SMILES string of the molecule is C=[C-]c1ccc2ccc3ccc(Cl)nc3c2n1.Cl.Clc1[c-]c(Cl)ccc1.N.[Fe+2]. The molecule has 8 heteroatoms. The van der Waals surface area contributed by atoms with Crippen LogP contribution in [0.4, 0.5) is 0 Å². The van der Waals surface area contributed by atoms with E-state index in [1.807, 2.05) is 30.3 Å². The van der Waals surface area contributed by atoms with Crippen LogP contribution in [0, 0.1) is 12.1 Å². The number of pyridine rings is 2. The molecule has 0 spiro atoms. The summed E-state index contributed by atoms with van der Waals surface area (Å²) in [6, 6.07) is 19.6. The molecule has 0 aliphatic heterocycles. The molecule has 3 N–H and O–H groups in total. The van der Waals surface area contributed by atoms with Gasteiger partial charge in [-0.15, -0.1) is 53.4 Å². The van der Waals surface area contributed by atoms with Crippen LogP contribution in [0.5, 0.6) is 0 Å². The van der Waals surface area contributed by atoms with Crippen LogP contribution in [0.2, 0.25) is 15.2 Å². The Morgan fingerprint density at radius 1 is 0.786 bits per heavy atom. The summed E-state index contributed by atoms with van der Waals surface area (Å²) in [6.45, 7) is 3.60. The quantitative estimate of drug-likeness (QED) is 0.132. The third-order valence-corrected chi connectivity index (χ3v) is 4.04. The van der Waals surface area contributed by atoms with E-state index >= 15 is 0 Å². The van der Waals surface area contributed by atoms with E-state index in [1.165, 1.54) is 0 Å². The standard InChI is InChI=1S/C14H8ClN2.C6H3Cl2.ClH.Fe.H3N/c1-2-11-7-5-9-3-4-10-6-8-12(15)17-14(10)13(9)16-11;7-5-2-1-3-6(8)4-5;;;/h3-8H,1H2;1-3H;1H;;1H3/q2*-1;;+2;. The van der Waals surface area contributed by atoms with Crippen molar-refractivity contribution in [1.29, 1.82) is 0 Å². The zero-order valence-electron chi connectivity index (χ0n) is 14.4. The number of rotatable bonds is 1. The molecule has 0 atom stereocenters. The van der Waals surface area contributed by atoms with Crippen molar-refractivity contribution in [2.24, 2.45) is 0 Å². The summed E-state index contributed by atoms with van der Waals surface area (Å²) in [5.41, 5.74) is 2.36. The van der Waals surface area contributed by atoms with E-state index in [4.69, 9.17) is 34.8 Å². The second kappa shape index (κ2) is 12.3. The molecule has 0 aliphatic carbocycles. The third-order valence-electron chi connectivity index (χ3n) is 3.39. The van der Waals surface area contributed by atoms with Crippen LogP contribution < -0.4 is 6.15 Å². The molecular formula is C20H15Cl4FeN3. The first-order valence-electron chi connectivity index (χ1n) is 7.29. The van der Waals surface area contributed by atoms with E-state index in [0.717, 1.165) is 21.8 Å². The predicted octanol–water partition coefficient (Wildman–Crippen LogP) is 7.15. The number of hydrogen-bond acceptors (Lipinski definition) is 3. The Bertz CT molecular complexity index is 1060. The summed E-state index contributed by atoms with van der Waals surface area (Å²) in [5, 5.41) is 3.64. The van der Waals surface area contributed by atoms with Gasteiger partial charge in [0.2, 0.25) is 0 Å². The summed E-state index contributed by atoms with van der Waals surface area (Å²) in [6.07, 6.45) is 2.78. The Hall–Kier alpha value is -1.36. The van der Waals surface area contributed by atoms with Gasteiger partial charge in [0.05, 0.1) is 11.0 Å². The van der Waals surface area contributed by atoms with Crippen LogP contribution >= 0.6 is 47.2 Å². The molecule has 4 rings (SSSR count). The summed E-state index contributed by atoms with van der Waals surface area (Å²) in [5.74, 6) is 0. The fraction of sp³-hybridized carbons (Fsp3) is 0. The Morgan fingerprint density at radius 2 is 1.29 bits per heavy atom. The van der Waals surface area contributed by atoms with Gasteiger partial charge in [0.25, 0.3) is 0 Å². The van der Waals surface area contributed by atoms with Gasteiger partial charge in [-0.25, -0.2) is 11.1 Å². The van der Waals surface area contributed by atoms with Crippen molar-refractivity contribution in [3.63, 3.8) is 0 Å². The Balaban J connectivity index is 0.000000574. The van der Waals surface area contributed by atoms with E-state index in [0.29, 0.717) is 20.9 Å². The molecule has 0 aliphatic rings. The van der Waals surface area contributed by atoms with Crippen LogP contribution in [0.15, 0.2) is 61.2 Å². The van der Waals surface area contributed by atoms with Gasteiger partial charge >= 0.3 is 17.1 Å². The number of nitrogens with zero attached hydrogens (tertiary/aromatic N) is 2. The molecular weight excluding hydrogens is 480 g/mol. The number of benzene rings is 2. The number of hydrogen-bond donors (Lipinski definition) is 1. The molecule has 2 aromatic heterocycles. The predicted molar refractivity (Wildman–Crippen MR) is 118 cm³/mol. The minimum atomic E-state index is 0. The van der Waals surface area contributed by atoms with E-state index in [9.17, 15) is 0 Å². The van der Waals surface area contributed by atoms with Gasteiger partial charge in [-0.2, -0.15) is 30.8 Å². The van der Waals surface area contributed by atoms with Crippen LogP contribution in [0.3, 0.4) is 0 Å². The van der Waals surface area contributed by atoms with Crippen molar-refractivity contribution < 1.29 is 17.1 Å². The van der Waals surface area contributed by atoms with E-state index in [1.54, 1.807) is 24.3 Å². The molecule has 0 saturated carbocycles. The van der Waals surface area contributed by atoms with Gasteiger partial charge in [0, 0.05) is 5.39 Å². The normalized spacial score (nSPS) is 9.25. The van der Waals surface area contributed by atoms with Gasteiger partial charge in [-0.1, -0.05) is 33.8 Å². The molecule has 0 saturated heterocycles. The van der Waals surface area contributed by atoms with Crippen LogP contribution in [0.1, 0.15) is 5.69 Å². The first kappa shape index (κ1) is 26.6. The Labute approximate surface area is 195 Å². The molecule has 2 aromatic carbocycles. The molecule has 3 nitrogen and oxygen atoms in total. The summed E-state index contributed by atoms with van der Waals surface area (Å²) in [4.78, 5) is 8.80. The zero-order valence-corrected chi connectivity index (χ0v) is 18.6. The monoisotopic (exact) mass is 493 g/mol. The smallest absolute Gasteiger partial charge is 0.344 e. The Kier molecular flexibility index (Phi) is 11.7. The average Bonchev–Trinajstić information content (AvgIpc) is 2.61. The van der Waals surface area contributed by atoms with Crippen molar-refractivity contribution in [3.05, 3.63) is 94.2 Å². The molecule has 0 amide bonds. The van der Waals surface area contributed by atoms with Crippen molar-refractivity contribution in [2.75, 3.05) is 0 Å². The van der Waals surface area contributed by atoms with E-state index in [2.05, 4.69) is 28.7 Å². The van der Waals surface area contributed by atoms with Crippen LogP contribution in [-0.4, -0.2) is 9.97 Å². The van der Waals surface area contributed by atoms with Gasteiger partial charge in [0.1, 0.15) is 5.15 Å². The second-order valence-electron chi connectivity index (χ2n) is 5.06. The largest absolute Gasteiger partial charge is 2.00 e. The molecule has 0 radical (unpaired) electrons. The summed E-state index contributed by atoms with van der Waals surface area (Å²) < 4.78 is 0. The maximum Gasteiger partial charge on any atom is 2.00 e. The van der Waals surface area contributed by atoms with Crippen molar-refractivity contribution in [3.8, 4) is 0 Å². The van der Waals surface area contributed by atoms with E-state index < -0.39 is 0 Å². The molecule has 0 bridgehead atoms. The minimum Gasteiger partial charge on any atom is -0.344 e. The molecule has 2 heterocycles. The number of halogens is 4. The first-order chi connectivity index (χ1) is 12.1. The molecule has 0 unspecified atom stereocenters. The van der Waals surface area contributed by atoms with Crippen molar-refractivity contribution in [1.82, 2.24) is 16.1 Å². The van der Waals surface area contributed by atoms with Crippen molar-refractivity contribution >= 4 is 69.0 Å². The third kappa shape index (κ3) is 6.61. The minimum absolute atomic E-state index is 0. The number of aromatic nitrogens is 2. The van der Waals surface area contributed by atoms with Gasteiger partial charge in [-0.05, 0) is 17.5 Å². The average molecular weight is 495 g/mol. The van der Waals surface area contributed by atoms with Gasteiger partial charge in [0.15, 0.2) is 0 Å². The van der Waals surface area contributed by atoms with Crippen LogP contribution in [0.25, 0.3) is 21.8 Å². The summed E-state index contributed by atoms with van der Waals surface area (Å²) >= 11 is 16.9. The summed E-state index contributed by atoms with van der Waals surface area (Å²) in [7, 11) is 0. The topological polar surface area (TPSA) is 60.8 Å². The second-order valence-corrected chi connectivity index (χ2v) is 6.26. The fourth-order valence-electron chi connectivity index (χ4n) is 2.26. The fourth-order valence-corrected chi connectivity index (χ4v) is 2.80. The zero-order chi connectivity index (χ0) is 17.8.